The van der Waals surface area contributed by atoms with Crippen molar-refractivity contribution in [3.8, 4) is 0 Å². The van der Waals surface area contributed by atoms with Gasteiger partial charge in [-0.1, -0.05) is 19.8 Å². The zero-order chi connectivity index (χ0) is 14.5. The number of nitrogens with one attached hydrogen (secondary N) is 2. The first-order valence-corrected chi connectivity index (χ1v) is 8.21. The number of rotatable bonds is 5. The minimum atomic E-state index is -0.0204. The molecule has 2 N–H and O–H groups in total. The van der Waals surface area contributed by atoms with E-state index < -0.39 is 0 Å². The summed E-state index contributed by atoms with van der Waals surface area (Å²) in [7, 11) is 0. The van der Waals surface area contributed by atoms with Crippen molar-refractivity contribution in [1.82, 2.24) is 10.6 Å². The first kappa shape index (κ1) is 15.6. The normalized spacial score (nSPS) is 29.6. The zero-order valence-electron chi connectivity index (χ0n) is 13.4. The highest BCUT2D eigenvalue weighted by Gasteiger charge is 2.30. The molecule has 2 fully saturated rings. The Morgan fingerprint density at radius 3 is 2.45 bits per heavy atom. The van der Waals surface area contributed by atoms with Crippen LogP contribution < -0.4 is 10.6 Å². The molecule has 0 radical (unpaired) electrons. The lowest BCUT2D eigenvalue weighted by Crippen LogP contribution is -2.45. The second-order valence-electron chi connectivity index (χ2n) is 6.97. The largest absolute Gasteiger partial charge is 0.373 e. The lowest BCUT2D eigenvalue weighted by atomic mass is 9.89. The Morgan fingerprint density at radius 1 is 1.10 bits per heavy atom. The molecule has 1 saturated heterocycles. The van der Waals surface area contributed by atoms with Gasteiger partial charge in [0.25, 0.3) is 0 Å². The molecule has 1 heterocycles. The molecule has 2 aliphatic rings. The molecule has 4 nitrogen and oxygen atoms in total. The van der Waals surface area contributed by atoms with Crippen LogP contribution in [0.15, 0.2) is 4.99 Å². The van der Waals surface area contributed by atoms with Crippen molar-refractivity contribution >= 4 is 5.96 Å². The Morgan fingerprint density at radius 2 is 1.85 bits per heavy atom. The van der Waals surface area contributed by atoms with Crippen LogP contribution in [0.2, 0.25) is 0 Å². The Hall–Kier alpha value is -0.770. The molecule has 0 aromatic carbocycles. The van der Waals surface area contributed by atoms with Crippen molar-refractivity contribution in [2.75, 3.05) is 26.2 Å². The number of aliphatic imine (C=N–C) groups is 1. The summed E-state index contributed by atoms with van der Waals surface area (Å²) in [6.45, 7) is 10.2. The van der Waals surface area contributed by atoms with Crippen LogP contribution >= 0.6 is 0 Å². The van der Waals surface area contributed by atoms with Crippen molar-refractivity contribution in [1.29, 1.82) is 0 Å². The first-order valence-electron chi connectivity index (χ1n) is 8.21. The molecule has 2 rings (SSSR count). The first-order chi connectivity index (χ1) is 9.55. The minimum absolute atomic E-state index is 0.0204. The third-order valence-electron chi connectivity index (χ3n) is 4.70. The standard InChI is InChI=1S/C16H31N3O/c1-4-17-14(18-12-15(2)8-5-6-9-15)19-13-16(3)10-7-11-20-16/h4-13H2,1-3H3,(H2,17,18,19). The molecule has 4 heteroatoms. The number of ether oxygens (including phenoxy) is 1. The highest BCUT2D eigenvalue weighted by Crippen LogP contribution is 2.37. The average molecular weight is 281 g/mol. The van der Waals surface area contributed by atoms with E-state index in [1.807, 2.05) is 0 Å². The minimum Gasteiger partial charge on any atom is -0.373 e. The van der Waals surface area contributed by atoms with Gasteiger partial charge in [-0.25, -0.2) is 0 Å². The highest BCUT2D eigenvalue weighted by atomic mass is 16.5. The van der Waals surface area contributed by atoms with Gasteiger partial charge in [-0.05, 0) is 44.9 Å². The lowest BCUT2D eigenvalue weighted by Gasteiger charge is -2.26. The quantitative estimate of drug-likeness (QED) is 0.601. The van der Waals surface area contributed by atoms with E-state index in [0.29, 0.717) is 5.41 Å². The number of guanidine groups is 1. The zero-order valence-corrected chi connectivity index (χ0v) is 13.4. The average Bonchev–Trinajstić information content (AvgIpc) is 3.03. The molecule has 1 atom stereocenters. The summed E-state index contributed by atoms with van der Waals surface area (Å²) in [6, 6.07) is 0. The molecular weight excluding hydrogens is 250 g/mol. The predicted molar refractivity (Wildman–Crippen MR) is 84.1 cm³/mol. The van der Waals surface area contributed by atoms with Crippen LogP contribution in [0.3, 0.4) is 0 Å². The summed E-state index contributed by atoms with van der Waals surface area (Å²) in [5.74, 6) is 0.942. The number of nitrogens with zero attached hydrogens (tertiary/aromatic N) is 1. The SMILES string of the molecule is CCNC(=NCC1(C)CCCC1)NCC1(C)CCCO1. The third kappa shape index (κ3) is 4.37. The van der Waals surface area contributed by atoms with Gasteiger partial charge in [-0.15, -0.1) is 0 Å². The Balaban J connectivity index is 1.85. The molecule has 0 aromatic heterocycles. The van der Waals surface area contributed by atoms with Crippen LogP contribution in [0.5, 0.6) is 0 Å². The van der Waals surface area contributed by atoms with Gasteiger partial charge in [0, 0.05) is 26.2 Å². The Bertz CT molecular complexity index is 329. The molecule has 20 heavy (non-hydrogen) atoms. The third-order valence-corrected chi connectivity index (χ3v) is 4.70. The van der Waals surface area contributed by atoms with Crippen molar-refractivity contribution < 1.29 is 4.74 Å². The molecular formula is C16H31N3O. The molecule has 0 spiro atoms. The molecule has 0 aromatic rings. The van der Waals surface area contributed by atoms with E-state index in [1.165, 1.54) is 32.1 Å². The van der Waals surface area contributed by atoms with E-state index in [2.05, 4.69) is 31.4 Å². The van der Waals surface area contributed by atoms with Crippen LogP contribution in [0, 0.1) is 5.41 Å². The number of hydrogen-bond acceptors (Lipinski definition) is 2. The topological polar surface area (TPSA) is 45.7 Å². The highest BCUT2D eigenvalue weighted by molar-refractivity contribution is 5.79. The molecule has 1 saturated carbocycles. The van der Waals surface area contributed by atoms with Gasteiger partial charge < -0.3 is 15.4 Å². The Kier molecular flexibility index (Phi) is 5.30. The summed E-state index contributed by atoms with van der Waals surface area (Å²) in [5.41, 5.74) is 0.392. The lowest BCUT2D eigenvalue weighted by molar-refractivity contribution is 0.0242. The summed E-state index contributed by atoms with van der Waals surface area (Å²) < 4.78 is 5.82. The van der Waals surface area contributed by atoms with Crippen LogP contribution in [0.4, 0.5) is 0 Å². The van der Waals surface area contributed by atoms with E-state index in [1.54, 1.807) is 0 Å². The molecule has 0 amide bonds. The van der Waals surface area contributed by atoms with Crippen molar-refractivity contribution in [3.05, 3.63) is 0 Å². The van der Waals surface area contributed by atoms with Gasteiger partial charge in [0.1, 0.15) is 0 Å². The summed E-state index contributed by atoms with van der Waals surface area (Å²) in [4.78, 5) is 4.80. The maximum Gasteiger partial charge on any atom is 0.191 e. The summed E-state index contributed by atoms with van der Waals surface area (Å²) in [5, 5.41) is 6.81. The fraction of sp³-hybridized carbons (Fsp3) is 0.938. The van der Waals surface area contributed by atoms with Crippen LogP contribution in [-0.4, -0.2) is 37.8 Å². The smallest absolute Gasteiger partial charge is 0.191 e. The summed E-state index contributed by atoms with van der Waals surface area (Å²) >= 11 is 0. The van der Waals surface area contributed by atoms with E-state index in [0.717, 1.165) is 38.6 Å². The van der Waals surface area contributed by atoms with Gasteiger partial charge in [0.15, 0.2) is 5.96 Å². The Labute approximate surface area is 123 Å². The molecule has 1 aliphatic carbocycles. The van der Waals surface area contributed by atoms with E-state index in [9.17, 15) is 0 Å². The number of hydrogen-bond donors (Lipinski definition) is 2. The maximum absolute atomic E-state index is 5.82. The second-order valence-corrected chi connectivity index (χ2v) is 6.97. The van der Waals surface area contributed by atoms with Crippen molar-refractivity contribution in [2.24, 2.45) is 10.4 Å². The van der Waals surface area contributed by atoms with E-state index >= 15 is 0 Å². The van der Waals surface area contributed by atoms with Gasteiger partial charge in [-0.2, -0.15) is 0 Å². The van der Waals surface area contributed by atoms with Crippen molar-refractivity contribution in [3.63, 3.8) is 0 Å². The van der Waals surface area contributed by atoms with Gasteiger partial charge in [0.2, 0.25) is 0 Å². The van der Waals surface area contributed by atoms with Crippen LogP contribution in [-0.2, 0) is 4.74 Å². The van der Waals surface area contributed by atoms with Gasteiger partial charge >= 0.3 is 0 Å². The maximum atomic E-state index is 5.82. The van der Waals surface area contributed by atoms with Crippen LogP contribution in [0.1, 0.15) is 59.3 Å². The molecule has 116 valence electrons. The van der Waals surface area contributed by atoms with Gasteiger partial charge in [0.05, 0.1) is 5.60 Å². The van der Waals surface area contributed by atoms with E-state index in [-0.39, 0.29) is 5.60 Å². The van der Waals surface area contributed by atoms with E-state index in [4.69, 9.17) is 9.73 Å². The fourth-order valence-corrected chi connectivity index (χ4v) is 3.25. The van der Waals surface area contributed by atoms with Crippen molar-refractivity contribution in [2.45, 2.75) is 64.9 Å². The molecule has 0 bridgehead atoms. The molecule has 1 unspecified atom stereocenters. The van der Waals surface area contributed by atoms with Crippen LogP contribution in [0.25, 0.3) is 0 Å². The predicted octanol–water partition coefficient (Wildman–Crippen LogP) is 2.69. The summed E-state index contributed by atoms with van der Waals surface area (Å²) in [6.07, 6.45) is 7.66. The second kappa shape index (κ2) is 6.79. The fourth-order valence-electron chi connectivity index (χ4n) is 3.25. The monoisotopic (exact) mass is 281 g/mol. The van der Waals surface area contributed by atoms with Gasteiger partial charge in [-0.3, -0.25) is 4.99 Å². The molecule has 1 aliphatic heterocycles.